The largest absolute Gasteiger partial charge is 0.455 e. The summed E-state index contributed by atoms with van der Waals surface area (Å²) in [6, 6.07) is 17.3. The third-order valence-electron chi connectivity index (χ3n) is 4.68. The Morgan fingerprint density at radius 1 is 1.00 bits per heavy atom. The Hall–Kier alpha value is -3.68. The average Bonchev–Trinajstić information content (AvgIpc) is 2.76. The molecule has 1 N–H and O–H groups in total. The highest BCUT2D eigenvalue weighted by Crippen LogP contribution is 2.31. The molecule has 2 heterocycles. The fraction of sp³-hybridized carbons (Fsp3) is 0.238. The van der Waals surface area contributed by atoms with Crippen LogP contribution in [0.15, 0.2) is 60.8 Å². The Morgan fingerprint density at radius 3 is 2.48 bits per heavy atom. The van der Waals surface area contributed by atoms with E-state index >= 15 is 0 Å². The molecule has 1 saturated heterocycles. The Labute approximate surface area is 169 Å². The van der Waals surface area contributed by atoms with E-state index in [1.54, 1.807) is 13.1 Å². The molecule has 2 aromatic carbocycles. The van der Waals surface area contributed by atoms with Crippen LogP contribution in [0.25, 0.3) is 0 Å². The fourth-order valence-electron chi connectivity index (χ4n) is 3.12. The summed E-state index contributed by atoms with van der Waals surface area (Å²) in [6.07, 6.45) is 1.58. The summed E-state index contributed by atoms with van der Waals surface area (Å²) in [7, 11) is 0. The van der Waals surface area contributed by atoms with Gasteiger partial charge in [0.15, 0.2) is 11.6 Å². The van der Waals surface area contributed by atoms with Crippen molar-refractivity contribution in [3.8, 4) is 11.5 Å². The highest BCUT2D eigenvalue weighted by Gasteiger charge is 2.21. The van der Waals surface area contributed by atoms with E-state index in [0.717, 1.165) is 11.4 Å². The number of nitrogens with one attached hydrogen (secondary N) is 1. The Bertz CT molecular complexity index is 974. The van der Waals surface area contributed by atoms with Crippen LogP contribution in [0, 0.1) is 0 Å². The molecule has 0 unspecified atom stereocenters. The first-order valence-corrected chi connectivity index (χ1v) is 9.48. The number of para-hydroxylation sites is 3. The summed E-state index contributed by atoms with van der Waals surface area (Å²) < 4.78 is 5.99. The molecule has 3 aromatic rings. The maximum Gasteiger partial charge on any atom is 0.247 e. The van der Waals surface area contributed by atoms with Crippen LogP contribution in [0.3, 0.4) is 0 Å². The predicted molar refractivity (Wildman–Crippen MR) is 111 cm³/mol. The van der Waals surface area contributed by atoms with Gasteiger partial charge in [-0.1, -0.05) is 30.3 Å². The van der Waals surface area contributed by atoms with Crippen LogP contribution in [0.4, 0.5) is 17.5 Å². The summed E-state index contributed by atoms with van der Waals surface area (Å²) in [6.45, 7) is 4.26. The molecule has 4 rings (SSSR count). The van der Waals surface area contributed by atoms with Gasteiger partial charge in [0.25, 0.3) is 0 Å². The molecule has 0 spiro atoms. The normalized spacial score (nSPS) is 13.8. The zero-order valence-corrected chi connectivity index (χ0v) is 16.2. The van der Waals surface area contributed by atoms with Crippen molar-refractivity contribution in [2.75, 3.05) is 36.4 Å². The van der Waals surface area contributed by atoms with Crippen LogP contribution in [0.2, 0.25) is 0 Å². The van der Waals surface area contributed by atoms with E-state index in [2.05, 4.69) is 20.5 Å². The number of aromatic nitrogens is 3. The molecule has 8 nitrogen and oxygen atoms in total. The van der Waals surface area contributed by atoms with Gasteiger partial charge in [0.2, 0.25) is 11.9 Å². The van der Waals surface area contributed by atoms with Crippen LogP contribution < -0.4 is 15.0 Å². The maximum atomic E-state index is 11.5. The van der Waals surface area contributed by atoms with Crippen molar-refractivity contribution >= 4 is 23.4 Å². The van der Waals surface area contributed by atoms with Crippen LogP contribution in [0.1, 0.15) is 6.92 Å². The molecule has 148 valence electrons. The van der Waals surface area contributed by atoms with Crippen LogP contribution in [-0.2, 0) is 4.79 Å². The Kier molecular flexibility index (Phi) is 5.51. The van der Waals surface area contributed by atoms with Crippen molar-refractivity contribution in [2.24, 2.45) is 0 Å². The standard InChI is InChI=1S/C21H22N6O2/c1-16(28)26-11-13-27(14-12-26)21-24-20(15-22-25-21)23-18-9-5-6-10-19(18)29-17-7-3-2-4-8-17/h2-10,15H,11-14H2,1H3,(H,23,24,25). The minimum Gasteiger partial charge on any atom is -0.455 e. The number of rotatable bonds is 5. The van der Waals surface area contributed by atoms with E-state index in [9.17, 15) is 4.79 Å². The molecule has 29 heavy (non-hydrogen) atoms. The lowest BCUT2D eigenvalue weighted by molar-refractivity contribution is -0.129. The van der Waals surface area contributed by atoms with Crippen molar-refractivity contribution in [1.29, 1.82) is 0 Å². The van der Waals surface area contributed by atoms with Gasteiger partial charge in [-0.3, -0.25) is 4.79 Å². The second-order valence-electron chi connectivity index (χ2n) is 6.67. The molecule has 8 heteroatoms. The number of hydrogen-bond donors (Lipinski definition) is 1. The van der Waals surface area contributed by atoms with Gasteiger partial charge in [-0.25, -0.2) is 0 Å². The van der Waals surface area contributed by atoms with Gasteiger partial charge in [-0.05, 0) is 24.3 Å². The molecule has 0 aliphatic carbocycles. The first-order chi connectivity index (χ1) is 14.2. The van der Waals surface area contributed by atoms with E-state index in [-0.39, 0.29) is 5.91 Å². The molecule has 0 atom stereocenters. The number of carbonyl (C=O) groups is 1. The topological polar surface area (TPSA) is 83.5 Å². The molecule has 1 aliphatic heterocycles. The van der Waals surface area contributed by atoms with E-state index in [1.165, 1.54) is 0 Å². The number of piperazine rings is 1. The first-order valence-electron chi connectivity index (χ1n) is 9.48. The lowest BCUT2D eigenvalue weighted by Gasteiger charge is -2.33. The molecule has 0 radical (unpaired) electrons. The SMILES string of the molecule is CC(=O)N1CCN(c2nncc(Nc3ccccc3Oc3ccccc3)n2)CC1. The molecule has 0 saturated carbocycles. The number of amides is 1. The second kappa shape index (κ2) is 8.55. The summed E-state index contributed by atoms with van der Waals surface area (Å²) in [5, 5.41) is 11.5. The van der Waals surface area contributed by atoms with Crippen molar-refractivity contribution in [3.63, 3.8) is 0 Å². The number of anilines is 3. The number of ether oxygens (including phenoxy) is 1. The minimum absolute atomic E-state index is 0.0918. The van der Waals surface area contributed by atoms with Gasteiger partial charge < -0.3 is 19.9 Å². The van der Waals surface area contributed by atoms with Gasteiger partial charge >= 0.3 is 0 Å². The molecular weight excluding hydrogens is 368 g/mol. The van der Waals surface area contributed by atoms with E-state index in [0.29, 0.717) is 43.7 Å². The monoisotopic (exact) mass is 390 g/mol. The average molecular weight is 390 g/mol. The quantitative estimate of drug-likeness (QED) is 0.717. The van der Waals surface area contributed by atoms with Gasteiger partial charge in [-0.2, -0.15) is 10.1 Å². The summed E-state index contributed by atoms with van der Waals surface area (Å²) >= 11 is 0. The lowest BCUT2D eigenvalue weighted by atomic mass is 10.3. The third kappa shape index (κ3) is 4.60. The van der Waals surface area contributed by atoms with Gasteiger partial charge in [0.05, 0.1) is 11.9 Å². The van der Waals surface area contributed by atoms with Gasteiger partial charge in [0, 0.05) is 33.1 Å². The number of carbonyl (C=O) groups excluding carboxylic acids is 1. The third-order valence-corrected chi connectivity index (χ3v) is 4.68. The molecule has 1 amide bonds. The van der Waals surface area contributed by atoms with Crippen LogP contribution in [-0.4, -0.2) is 52.2 Å². The number of benzene rings is 2. The molecule has 1 aliphatic rings. The predicted octanol–water partition coefficient (Wildman–Crippen LogP) is 3.08. The zero-order valence-electron chi connectivity index (χ0n) is 16.2. The van der Waals surface area contributed by atoms with Crippen molar-refractivity contribution in [2.45, 2.75) is 6.92 Å². The van der Waals surface area contributed by atoms with Crippen molar-refractivity contribution in [1.82, 2.24) is 20.1 Å². The van der Waals surface area contributed by atoms with Crippen LogP contribution >= 0.6 is 0 Å². The summed E-state index contributed by atoms with van der Waals surface area (Å²) in [5.74, 6) is 2.66. The highest BCUT2D eigenvalue weighted by atomic mass is 16.5. The fourth-order valence-corrected chi connectivity index (χ4v) is 3.12. The van der Waals surface area contributed by atoms with E-state index in [1.807, 2.05) is 64.4 Å². The van der Waals surface area contributed by atoms with Crippen LogP contribution in [0.5, 0.6) is 11.5 Å². The molecular formula is C21H22N6O2. The van der Waals surface area contributed by atoms with Gasteiger partial charge in [0.1, 0.15) is 5.75 Å². The van der Waals surface area contributed by atoms with Crippen molar-refractivity contribution in [3.05, 3.63) is 60.8 Å². The summed E-state index contributed by atoms with van der Waals surface area (Å²) in [5.41, 5.74) is 0.782. The van der Waals surface area contributed by atoms with Crippen molar-refractivity contribution < 1.29 is 9.53 Å². The van der Waals surface area contributed by atoms with E-state index in [4.69, 9.17) is 4.74 Å². The maximum absolute atomic E-state index is 11.5. The lowest BCUT2D eigenvalue weighted by Crippen LogP contribution is -2.48. The summed E-state index contributed by atoms with van der Waals surface area (Å²) in [4.78, 5) is 20.0. The van der Waals surface area contributed by atoms with Gasteiger partial charge in [-0.15, -0.1) is 5.10 Å². The molecule has 1 fully saturated rings. The first kappa shape index (κ1) is 18.7. The smallest absolute Gasteiger partial charge is 0.247 e. The highest BCUT2D eigenvalue weighted by molar-refractivity contribution is 5.73. The second-order valence-corrected chi connectivity index (χ2v) is 6.67. The van der Waals surface area contributed by atoms with E-state index < -0.39 is 0 Å². The minimum atomic E-state index is 0.0918. The zero-order chi connectivity index (χ0) is 20.1. The molecule has 0 bridgehead atoms. The Balaban J connectivity index is 1.48. The number of hydrogen-bond acceptors (Lipinski definition) is 7. The number of nitrogens with zero attached hydrogens (tertiary/aromatic N) is 5. The Morgan fingerprint density at radius 2 is 1.72 bits per heavy atom. The molecule has 1 aromatic heterocycles.